The van der Waals surface area contributed by atoms with Crippen molar-refractivity contribution in [3.8, 4) is 17.2 Å². The van der Waals surface area contributed by atoms with Gasteiger partial charge in [-0.05, 0) is 55.0 Å². The third kappa shape index (κ3) is 4.80. The first-order valence-electron chi connectivity index (χ1n) is 11.2. The average molecular weight is 495 g/mol. The van der Waals surface area contributed by atoms with Gasteiger partial charge in [0, 0.05) is 30.2 Å². The zero-order chi connectivity index (χ0) is 23.8. The van der Waals surface area contributed by atoms with Crippen LogP contribution >= 0.6 is 11.6 Å². The van der Waals surface area contributed by atoms with Crippen LogP contribution in [0.3, 0.4) is 0 Å². The molecule has 0 saturated heterocycles. The highest BCUT2D eigenvalue weighted by Crippen LogP contribution is 2.51. The minimum atomic E-state index is -3.83. The predicted octanol–water partition coefficient (Wildman–Crippen LogP) is 4.17. The molecule has 0 saturated carbocycles. The Morgan fingerprint density at radius 2 is 1.85 bits per heavy atom. The number of hydrogen-bond donors (Lipinski definition) is 1. The number of fused-ring (bicyclic) bond motifs is 2. The summed E-state index contributed by atoms with van der Waals surface area (Å²) in [5, 5.41) is 0.688. The number of hydrogen-bond acceptors (Lipinski definition) is 6. The highest BCUT2D eigenvalue weighted by molar-refractivity contribution is 7.89. The zero-order valence-corrected chi connectivity index (χ0v) is 21.1. The fraction of sp³-hybridized carbons (Fsp3) is 0.500. The Bertz CT molecular complexity index is 1120. The molecule has 2 aliphatic rings. The molecule has 2 heterocycles. The van der Waals surface area contributed by atoms with E-state index in [0.717, 1.165) is 23.2 Å². The molecule has 180 valence electrons. The van der Waals surface area contributed by atoms with Crippen molar-refractivity contribution in [3.05, 3.63) is 46.0 Å². The predicted molar refractivity (Wildman–Crippen MR) is 128 cm³/mol. The van der Waals surface area contributed by atoms with Crippen LogP contribution in [-0.2, 0) is 23.0 Å². The molecule has 1 atom stereocenters. The molecule has 2 aromatic carbocycles. The smallest absolute Gasteiger partial charge is 0.244 e. The van der Waals surface area contributed by atoms with E-state index in [4.69, 9.17) is 25.8 Å². The van der Waals surface area contributed by atoms with Crippen molar-refractivity contribution in [2.75, 3.05) is 34.0 Å². The van der Waals surface area contributed by atoms with Crippen LogP contribution in [0.25, 0.3) is 0 Å². The van der Waals surface area contributed by atoms with Crippen molar-refractivity contribution in [2.45, 2.75) is 44.0 Å². The van der Waals surface area contributed by atoms with Crippen molar-refractivity contribution >= 4 is 21.6 Å². The maximum absolute atomic E-state index is 13.6. The van der Waals surface area contributed by atoms with Crippen LogP contribution in [0.1, 0.15) is 42.9 Å². The second kappa shape index (κ2) is 9.70. The zero-order valence-electron chi connectivity index (χ0n) is 19.5. The summed E-state index contributed by atoms with van der Waals surface area (Å²) in [4.78, 5) is 2.32. The number of ether oxygens (including phenoxy) is 3. The third-order valence-electron chi connectivity index (χ3n) is 6.43. The quantitative estimate of drug-likeness (QED) is 0.593. The van der Waals surface area contributed by atoms with E-state index in [1.165, 1.54) is 0 Å². The second-order valence-corrected chi connectivity index (χ2v) is 11.1. The molecule has 33 heavy (non-hydrogen) atoms. The largest absolute Gasteiger partial charge is 0.492 e. The highest BCUT2D eigenvalue weighted by atomic mass is 35.5. The molecule has 7 nitrogen and oxygen atoms in total. The van der Waals surface area contributed by atoms with E-state index in [2.05, 4.69) is 23.5 Å². The summed E-state index contributed by atoms with van der Waals surface area (Å²) in [6.45, 7) is 5.90. The topological polar surface area (TPSA) is 77.1 Å². The van der Waals surface area contributed by atoms with Crippen molar-refractivity contribution in [2.24, 2.45) is 5.92 Å². The Balaban J connectivity index is 1.62. The Morgan fingerprint density at radius 1 is 1.15 bits per heavy atom. The first-order valence-corrected chi connectivity index (χ1v) is 13.0. The van der Waals surface area contributed by atoms with Crippen LogP contribution in [0.15, 0.2) is 29.2 Å². The van der Waals surface area contributed by atoms with Crippen molar-refractivity contribution in [1.82, 2.24) is 9.62 Å². The average Bonchev–Trinajstić information content (AvgIpc) is 3.24. The molecule has 2 aromatic rings. The number of nitrogens with one attached hydrogen (secondary N) is 1. The number of sulfonamides is 1. The van der Waals surface area contributed by atoms with Gasteiger partial charge in [0.2, 0.25) is 22.6 Å². The molecule has 0 bridgehead atoms. The van der Waals surface area contributed by atoms with E-state index >= 15 is 0 Å². The lowest BCUT2D eigenvalue weighted by molar-refractivity contribution is 0.169. The van der Waals surface area contributed by atoms with Gasteiger partial charge in [-0.2, -0.15) is 0 Å². The lowest BCUT2D eigenvalue weighted by atomic mass is 9.86. The molecule has 4 rings (SSSR count). The van der Waals surface area contributed by atoms with Crippen molar-refractivity contribution in [3.63, 3.8) is 0 Å². The monoisotopic (exact) mass is 494 g/mol. The van der Waals surface area contributed by atoms with Gasteiger partial charge in [-0.3, -0.25) is 0 Å². The van der Waals surface area contributed by atoms with Crippen molar-refractivity contribution in [1.29, 1.82) is 0 Å². The van der Waals surface area contributed by atoms with E-state index < -0.39 is 10.0 Å². The first kappa shape index (κ1) is 24.1. The maximum atomic E-state index is 13.6. The highest BCUT2D eigenvalue weighted by Gasteiger charge is 2.37. The van der Waals surface area contributed by atoms with Gasteiger partial charge in [-0.15, -0.1) is 0 Å². The lowest BCUT2D eigenvalue weighted by Crippen LogP contribution is -2.32. The maximum Gasteiger partial charge on any atom is 0.244 e. The SMILES string of the molecule is COc1c2c(c(S(=O)(=O)NCC[C@H](c3ccc(Cl)cc3)C(C)C)c3c1OCO3)CCN(C)C2. The fourth-order valence-electron chi connectivity index (χ4n) is 4.76. The first-order chi connectivity index (χ1) is 15.7. The molecule has 0 unspecified atom stereocenters. The minimum absolute atomic E-state index is 0.0288. The Hall–Kier alpha value is -2.00. The van der Waals surface area contributed by atoms with Gasteiger partial charge < -0.3 is 19.1 Å². The lowest BCUT2D eigenvalue weighted by Gasteiger charge is -2.29. The van der Waals surface area contributed by atoms with Gasteiger partial charge in [0.15, 0.2) is 11.5 Å². The van der Waals surface area contributed by atoms with E-state index in [1.807, 2.05) is 31.3 Å². The van der Waals surface area contributed by atoms with Crippen molar-refractivity contribution < 1.29 is 22.6 Å². The standard InChI is InChI=1S/C24H31ClN2O5S/c1-15(2)18(16-5-7-17(25)8-6-16)9-11-26-33(28,29)24-19-10-12-27(3)13-20(19)21(30-4)22-23(24)32-14-31-22/h5-8,15,18,26H,9-14H2,1-4H3/t18-/m0/s1. The van der Waals surface area contributed by atoms with Gasteiger partial charge in [0.1, 0.15) is 4.90 Å². The van der Waals surface area contributed by atoms with E-state index in [0.29, 0.717) is 48.4 Å². The third-order valence-corrected chi connectivity index (χ3v) is 8.24. The summed E-state index contributed by atoms with van der Waals surface area (Å²) in [6, 6.07) is 7.77. The number of rotatable bonds is 8. The number of likely N-dealkylation sites (N-methyl/N-ethyl adjacent to an activating group) is 1. The number of nitrogens with zero attached hydrogens (tertiary/aromatic N) is 1. The van der Waals surface area contributed by atoms with E-state index in [9.17, 15) is 8.42 Å². The minimum Gasteiger partial charge on any atom is -0.492 e. The summed E-state index contributed by atoms with van der Waals surface area (Å²) in [6.07, 6.45) is 1.26. The molecular formula is C24H31ClN2O5S. The van der Waals surface area contributed by atoms with Gasteiger partial charge in [0.05, 0.1) is 7.11 Å². The van der Waals surface area contributed by atoms with E-state index in [-0.39, 0.29) is 23.4 Å². The van der Waals surface area contributed by atoms with Gasteiger partial charge in [-0.1, -0.05) is 37.6 Å². The molecule has 0 amide bonds. The molecule has 0 aliphatic carbocycles. The molecule has 0 radical (unpaired) electrons. The molecule has 0 aromatic heterocycles. The van der Waals surface area contributed by atoms with Crippen LogP contribution in [0.2, 0.25) is 5.02 Å². The van der Waals surface area contributed by atoms with E-state index in [1.54, 1.807) is 7.11 Å². The molecule has 0 spiro atoms. The summed E-state index contributed by atoms with van der Waals surface area (Å²) in [7, 11) is -0.257. The van der Waals surface area contributed by atoms with Gasteiger partial charge >= 0.3 is 0 Å². The fourth-order valence-corrected chi connectivity index (χ4v) is 6.37. The molecule has 9 heteroatoms. The Morgan fingerprint density at radius 3 is 2.52 bits per heavy atom. The number of halogens is 1. The Kier molecular flexibility index (Phi) is 7.09. The van der Waals surface area contributed by atoms with Gasteiger partial charge in [-0.25, -0.2) is 13.1 Å². The summed E-state index contributed by atoms with van der Waals surface area (Å²) in [5.41, 5.74) is 2.74. The second-order valence-electron chi connectivity index (χ2n) is 8.96. The molecular weight excluding hydrogens is 464 g/mol. The van der Waals surface area contributed by atoms with Crippen LogP contribution in [0.4, 0.5) is 0 Å². The summed E-state index contributed by atoms with van der Waals surface area (Å²) in [5.74, 6) is 1.73. The summed E-state index contributed by atoms with van der Waals surface area (Å²) >= 11 is 6.04. The summed E-state index contributed by atoms with van der Waals surface area (Å²) < 4.78 is 46.8. The van der Waals surface area contributed by atoms with Crippen LogP contribution in [0, 0.1) is 5.92 Å². The molecule has 0 fully saturated rings. The molecule has 2 aliphatic heterocycles. The van der Waals surface area contributed by atoms with Crippen LogP contribution < -0.4 is 18.9 Å². The number of benzene rings is 2. The Labute approximate surface area is 201 Å². The molecule has 1 N–H and O–H groups in total. The van der Waals surface area contributed by atoms with Crippen LogP contribution in [-0.4, -0.2) is 47.4 Å². The van der Waals surface area contributed by atoms with Crippen LogP contribution in [0.5, 0.6) is 17.2 Å². The van der Waals surface area contributed by atoms with Gasteiger partial charge in [0.25, 0.3) is 0 Å². The number of methoxy groups -OCH3 is 1. The normalized spacial score (nSPS) is 16.7.